The van der Waals surface area contributed by atoms with E-state index in [4.69, 9.17) is 11.6 Å². The van der Waals surface area contributed by atoms with Crippen molar-refractivity contribution >= 4 is 17.3 Å². The number of anilines is 1. The summed E-state index contributed by atoms with van der Waals surface area (Å²) in [6.45, 7) is 5.06. The average molecular weight is 249 g/mol. The topological polar surface area (TPSA) is 17.0 Å². The smallest absolute Gasteiger partial charge is 0.0637 e. The first kappa shape index (κ1) is 12.1. The van der Waals surface area contributed by atoms with Gasteiger partial charge in [-0.2, -0.15) is 0 Å². The molecule has 0 saturated heterocycles. The quantitative estimate of drug-likeness (QED) is 0.872. The van der Waals surface area contributed by atoms with Gasteiger partial charge < -0.3 is 9.88 Å². The van der Waals surface area contributed by atoms with Gasteiger partial charge in [0.25, 0.3) is 0 Å². The zero-order valence-corrected chi connectivity index (χ0v) is 11.2. The van der Waals surface area contributed by atoms with E-state index < -0.39 is 0 Å². The second kappa shape index (κ2) is 4.84. The van der Waals surface area contributed by atoms with Crippen LogP contribution < -0.4 is 5.32 Å². The Morgan fingerprint density at radius 1 is 1.24 bits per heavy atom. The lowest BCUT2D eigenvalue weighted by Gasteiger charge is -2.08. The van der Waals surface area contributed by atoms with Gasteiger partial charge in [0.2, 0.25) is 0 Å². The zero-order chi connectivity index (χ0) is 12.4. The van der Waals surface area contributed by atoms with Crippen molar-refractivity contribution in [2.75, 3.05) is 5.32 Å². The SMILES string of the molecule is Cc1cc(CNc2ccccc2Cl)c(C)n1C. The third kappa shape index (κ3) is 2.47. The molecule has 90 valence electrons. The van der Waals surface area contributed by atoms with E-state index >= 15 is 0 Å². The fourth-order valence-corrected chi connectivity index (χ4v) is 2.11. The molecule has 2 aromatic rings. The van der Waals surface area contributed by atoms with Gasteiger partial charge in [-0.25, -0.2) is 0 Å². The van der Waals surface area contributed by atoms with E-state index in [0.29, 0.717) is 0 Å². The number of hydrogen-bond acceptors (Lipinski definition) is 1. The van der Waals surface area contributed by atoms with Crippen LogP contribution in [0.5, 0.6) is 0 Å². The van der Waals surface area contributed by atoms with Crippen molar-refractivity contribution in [3.05, 3.63) is 52.3 Å². The van der Waals surface area contributed by atoms with Crippen LogP contribution in [0.3, 0.4) is 0 Å². The summed E-state index contributed by atoms with van der Waals surface area (Å²) in [5.74, 6) is 0. The molecule has 0 bridgehead atoms. The Labute approximate surface area is 107 Å². The normalized spacial score (nSPS) is 10.6. The minimum absolute atomic E-state index is 0.762. The molecular formula is C14H17ClN2. The molecule has 0 radical (unpaired) electrons. The molecule has 0 amide bonds. The maximum Gasteiger partial charge on any atom is 0.0637 e. The van der Waals surface area contributed by atoms with E-state index in [2.05, 4.69) is 36.8 Å². The predicted octanol–water partition coefficient (Wildman–Crippen LogP) is 3.91. The Morgan fingerprint density at radius 3 is 2.53 bits per heavy atom. The molecule has 0 saturated carbocycles. The van der Waals surface area contributed by atoms with E-state index in [1.807, 2.05) is 24.3 Å². The standard InChI is InChI=1S/C14H17ClN2/c1-10-8-12(11(2)17(10)3)9-16-14-7-5-4-6-13(14)15/h4-8,16H,9H2,1-3H3. The Morgan fingerprint density at radius 2 is 1.94 bits per heavy atom. The summed E-state index contributed by atoms with van der Waals surface area (Å²) in [6, 6.07) is 10.0. The molecule has 3 heteroatoms. The van der Waals surface area contributed by atoms with Gasteiger partial charge in [-0.3, -0.25) is 0 Å². The van der Waals surface area contributed by atoms with Crippen molar-refractivity contribution in [1.82, 2.24) is 4.57 Å². The molecule has 0 unspecified atom stereocenters. The molecule has 17 heavy (non-hydrogen) atoms. The first-order valence-electron chi connectivity index (χ1n) is 5.70. The molecule has 1 N–H and O–H groups in total. The lowest BCUT2D eigenvalue weighted by molar-refractivity contribution is 0.837. The van der Waals surface area contributed by atoms with Crippen LogP contribution in [0.1, 0.15) is 17.0 Å². The van der Waals surface area contributed by atoms with Crippen LogP contribution in [0.4, 0.5) is 5.69 Å². The van der Waals surface area contributed by atoms with Crippen LogP contribution in [-0.2, 0) is 13.6 Å². The molecule has 0 aliphatic carbocycles. The number of benzene rings is 1. The second-order valence-electron chi connectivity index (χ2n) is 4.29. The van der Waals surface area contributed by atoms with E-state index in [1.165, 1.54) is 17.0 Å². The number of aromatic nitrogens is 1. The van der Waals surface area contributed by atoms with Crippen molar-refractivity contribution in [1.29, 1.82) is 0 Å². The van der Waals surface area contributed by atoms with Crippen molar-refractivity contribution in [3.8, 4) is 0 Å². The molecule has 1 heterocycles. The van der Waals surface area contributed by atoms with Gasteiger partial charge in [0.05, 0.1) is 10.7 Å². The molecule has 2 nitrogen and oxygen atoms in total. The first-order chi connectivity index (χ1) is 8.09. The van der Waals surface area contributed by atoms with Crippen molar-refractivity contribution in [2.24, 2.45) is 7.05 Å². The van der Waals surface area contributed by atoms with Crippen LogP contribution in [0.15, 0.2) is 30.3 Å². The lowest BCUT2D eigenvalue weighted by Crippen LogP contribution is -2.01. The number of halogens is 1. The Balaban J connectivity index is 2.13. The Kier molecular flexibility index (Phi) is 3.43. The summed E-state index contributed by atoms with van der Waals surface area (Å²) >= 11 is 6.10. The number of nitrogens with zero attached hydrogens (tertiary/aromatic N) is 1. The van der Waals surface area contributed by atoms with E-state index in [0.717, 1.165) is 17.3 Å². The lowest BCUT2D eigenvalue weighted by atomic mass is 10.2. The van der Waals surface area contributed by atoms with E-state index in [9.17, 15) is 0 Å². The maximum absolute atomic E-state index is 6.10. The summed E-state index contributed by atoms with van der Waals surface area (Å²) in [4.78, 5) is 0. The fourth-order valence-electron chi connectivity index (χ4n) is 1.91. The van der Waals surface area contributed by atoms with Gasteiger partial charge in [-0.1, -0.05) is 23.7 Å². The highest BCUT2D eigenvalue weighted by Crippen LogP contribution is 2.22. The minimum atomic E-state index is 0.762. The van der Waals surface area contributed by atoms with Crippen LogP contribution >= 0.6 is 11.6 Å². The minimum Gasteiger partial charge on any atom is -0.380 e. The zero-order valence-electron chi connectivity index (χ0n) is 10.4. The number of para-hydroxylation sites is 1. The molecule has 0 fully saturated rings. The summed E-state index contributed by atoms with van der Waals surface area (Å²) in [6.07, 6.45) is 0. The third-order valence-corrected chi connectivity index (χ3v) is 3.55. The van der Waals surface area contributed by atoms with Crippen molar-refractivity contribution in [2.45, 2.75) is 20.4 Å². The first-order valence-corrected chi connectivity index (χ1v) is 6.07. The van der Waals surface area contributed by atoms with Gasteiger partial charge in [0.15, 0.2) is 0 Å². The summed E-state index contributed by atoms with van der Waals surface area (Å²) in [5.41, 5.74) is 4.86. The molecule has 2 rings (SSSR count). The highest BCUT2D eigenvalue weighted by molar-refractivity contribution is 6.33. The van der Waals surface area contributed by atoms with Gasteiger partial charge in [0.1, 0.15) is 0 Å². The molecule has 0 aliphatic rings. The summed E-state index contributed by atoms with van der Waals surface area (Å²) in [5, 5.41) is 4.13. The van der Waals surface area contributed by atoms with E-state index in [1.54, 1.807) is 0 Å². The molecule has 0 atom stereocenters. The number of nitrogens with one attached hydrogen (secondary N) is 1. The number of rotatable bonds is 3. The largest absolute Gasteiger partial charge is 0.380 e. The molecule has 0 aliphatic heterocycles. The third-order valence-electron chi connectivity index (χ3n) is 3.22. The van der Waals surface area contributed by atoms with Crippen LogP contribution in [0.2, 0.25) is 5.02 Å². The molecule has 1 aromatic carbocycles. The maximum atomic E-state index is 6.10. The predicted molar refractivity (Wildman–Crippen MR) is 73.7 cm³/mol. The van der Waals surface area contributed by atoms with Crippen molar-refractivity contribution in [3.63, 3.8) is 0 Å². The fraction of sp³-hybridized carbons (Fsp3) is 0.286. The highest BCUT2D eigenvalue weighted by Gasteiger charge is 2.06. The average Bonchev–Trinajstić information content (AvgIpc) is 2.56. The van der Waals surface area contributed by atoms with Gasteiger partial charge in [0, 0.05) is 25.0 Å². The number of aryl methyl sites for hydroxylation is 1. The van der Waals surface area contributed by atoms with Crippen molar-refractivity contribution < 1.29 is 0 Å². The van der Waals surface area contributed by atoms with Gasteiger partial charge >= 0.3 is 0 Å². The monoisotopic (exact) mass is 248 g/mol. The van der Waals surface area contributed by atoms with Crippen LogP contribution in [0, 0.1) is 13.8 Å². The summed E-state index contributed by atoms with van der Waals surface area (Å²) in [7, 11) is 2.09. The Hall–Kier alpha value is -1.41. The Bertz CT molecular complexity index is 529. The van der Waals surface area contributed by atoms with Gasteiger partial charge in [-0.15, -0.1) is 0 Å². The highest BCUT2D eigenvalue weighted by atomic mass is 35.5. The van der Waals surface area contributed by atoms with Crippen LogP contribution in [-0.4, -0.2) is 4.57 Å². The van der Waals surface area contributed by atoms with E-state index in [-0.39, 0.29) is 0 Å². The van der Waals surface area contributed by atoms with Gasteiger partial charge in [-0.05, 0) is 37.6 Å². The molecule has 1 aromatic heterocycles. The summed E-state index contributed by atoms with van der Waals surface area (Å²) < 4.78 is 2.20. The van der Waals surface area contributed by atoms with Crippen LogP contribution in [0.25, 0.3) is 0 Å². The molecule has 0 spiro atoms. The second-order valence-corrected chi connectivity index (χ2v) is 4.70. The molecular weight excluding hydrogens is 232 g/mol. The number of hydrogen-bond donors (Lipinski definition) is 1.